The first-order valence-electron chi connectivity index (χ1n) is 8.74. The van der Waals surface area contributed by atoms with Crippen LogP contribution in [0, 0.1) is 10.8 Å². The maximum Gasteiger partial charge on any atom is 0.205 e. The molecule has 2 aromatic heterocycles. The highest BCUT2D eigenvalue weighted by atomic mass is 16.3. The molecule has 2 heterocycles. The Hall–Kier alpha value is -2.23. The fraction of sp³-hybridized carbons (Fsp3) is 0.476. The fourth-order valence-electron chi connectivity index (χ4n) is 2.80. The first-order chi connectivity index (χ1) is 11.4. The summed E-state index contributed by atoms with van der Waals surface area (Å²) >= 11 is 0. The van der Waals surface area contributed by atoms with Gasteiger partial charge in [0, 0.05) is 17.5 Å². The van der Waals surface area contributed by atoms with Crippen LogP contribution in [-0.2, 0) is 12.8 Å². The molecule has 0 saturated heterocycles. The van der Waals surface area contributed by atoms with Crippen molar-refractivity contribution < 1.29 is 9.90 Å². The van der Waals surface area contributed by atoms with Crippen molar-refractivity contribution in [2.75, 3.05) is 0 Å². The second kappa shape index (κ2) is 6.95. The van der Waals surface area contributed by atoms with Crippen molar-refractivity contribution in [1.29, 1.82) is 0 Å². The van der Waals surface area contributed by atoms with Gasteiger partial charge in [0.1, 0.15) is 5.76 Å². The molecule has 0 aromatic carbocycles. The summed E-state index contributed by atoms with van der Waals surface area (Å²) in [5, 5.41) is 10.3. The number of rotatable bonds is 5. The summed E-state index contributed by atoms with van der Waals surface area (Å²) in [5.74, 6) is -0.276. The molecule has 0 bridgehead atoms. The molecular formula is C21H30N2O2. The molecule has 0 aliphatic rings. The van der Waals surface area contributed by atoms with Gasteiger partial charge in [0.05, 0.1) is 11.4 Å². The van der Waals surface area contributed by atoms with Crippen molar-refractivity contribution in [2.45, 2.75) is 54.4 Å². The lowest BCUT2D eigenvalue weighted by Gasteiger charge is -2.16. The summed E-state index contributed by atoms with van der Waals surface area (Å²) in [4.78, 5) is 18.7. The van der Waals surface area contributed by atoms with Crippen molar-refractivity contribution in [3.8, 4) is 0 Å². The quantitative estimate of drug-likeness (QED) is 0.392. The van der Waals surface area contributed by atoms with E-state index in [0.717, 1.165) is 24.2 Å². The smallest absolute Gasteiger partial charge is 0.205 e. The molecule has 0 unspecified atom stereocenters. The van der Waals surface area contributed by atoms with Gasteiger partial charge >= 0.3 is 0 Å². The van der Waals surface area contributed by atoms with Crippen molar-refractivity contribution >= 4 is 11.5 Å². The van der Waals surface area contributed by atoms with Crippen molar-refractivity contribution in [2.24, 2.45) is 10.8 Å². The zero-order valence-electron chi connectivity index (χ0n) is 16.2. The zero-order valence-corrected chi connectivity index (χ0v) is 16.2. The number of allylic oxidation sites excluding steroid dienone is 1. The van der Waals surface area contributed by atoms with Crippen LogP contribution < -0.4 is 0 Å². The Balaban J connectivity index is 2.10. The normalized spacial score (nSPS) is 13.3. The number of hydrogen-bond donors (Lipinski definition) is 3. The van der Waals surface area contributed by atoms with Gasteiger partial charge in [-0.1, -0.05) is 41.5 Å². The molecule has 0 atom stereocenters. The summed E-state index contributed by atoms with van der Waals surface area (Å²) < 4.78 is 0. The summed E-state index contributed by atoms with van der Waals surface area (Å²) in [6.45, 7) is 12.9. The highest BCUT2D eigenvalue weighted by Gasteiger charge is 2.16. The molecule has 3 N–H and O–H groups in total. The number of ketones is 1. The van der Waals surface area contributed by atoms with E-state index in [1.165, 1.54) is 6.08 Å². The molecule has 0 radical (unpaired) electrons. The predicted molar refractivity (Wildman–Crippen MR) is 103 cm³/mol. The molecule has 2 rings (SSSR count). The Morgan fingerprint density at radius 3 is 1.80 bits per heavy atom. The van der Waals surface area contributed by atoms with Gasteiger partial charge in [-0.25, -0.2) is 0 Å². The fourth-order valence-corrected chi connectivity index (χ4v) is 2.80. The number of aliphatic hydroxyl groups excluding tert-OH is 1. The minimum Gasteiger partial charge on any atom is -0.506 e. The molecule has 136 valence electrons. The molecule has 2 aromatic rings. The van der Waals surface area contributed by atoms with Crippen LogP contribution in [-0.4, -0.2) is 20.9 Å². The van der Waals surface area contributed by atoms with Gasteiger partial charge in [-0.05, 0) is 47.9 Å². The van der Waals surface area contributed by atoms with E-state index in [9.17, 15) is 9.90 Å². The van der Waals surface area contributed by atoms with E-state index in [1.807, 2.05) is 12.1 Å². The second-order valence-corrected chi connectivity index (χ2v) is 9.16. The average molecular weight is 342 g/mol. The minimum atomic E-state index is -0.232. The van der Waals surface area contributed by atoms with Crippen LogP contribution in [0.2, 0.25) is 0 Å². The minimum absolute atomic E-state index is 0.0443. The van der Waals surface area contributed by atoms with Crippen LogP contribution in [0.15, 0.2) is 30.3 Å². The molecule has 4 nitrogen and oxygen atoms in total. The number of carbonyl (C=O) groups excluding carboxylic acids is 1. The summed E-state index contributed by atoms with van der Waals surface area (Å²) in [7, 11) is 0. The van der Waals surface area contributed by atoms with E-state index in [1.54, 1.807) is 12.1 Å². The van der Waals surface area contributed by atoms with E-state index in [2.05, 4.69) is 51.5 Å². The molecule has 0 fully saturated rings. The monoisotopic (exact) mass is 342 g/mol. The summed E-state index contributed by atoms with van der Waals surface area (Å²) in [6.07, 6.45) is 3.00. The Morgan fingerprint density at radius 1 is 0.880 bits per heavy atom. The van der Waals surface area contributed by atoms with Crippen LogP contribution >= 0.6 is 0 Å². The third-order valence-electron chi connectivity index (χ3n) is 3.74. The Labute approximate surface area is 150 Å². The first kappa shape index (κ1) is 19.1. The maximum atomic E-state index is 12.4. The molecule has 4 heteroatoms. The van der Waals surface area contributed by atoms with Crippen molar-refractivity contribution in [3.05, 3.63) is 53.1 Å². The van der Waals surface area contributed by atoms with Crippen LogP contribution in [0.25, 0.3) is 5.76 Å². The molecule has 0 spiro atoms. The Kier molecular flexibility index (Phi) is 5.31. The van der Waals surface area contributed by atoms with Crippen LogP contribution in [0.3, 0.4) is 0 Å². The summed E-state index contributed by atoms with van der Waals surface area (Å²) in [6, 6.07) is 7.46. The zero-order chi connectivity index (χ0) is 18.8. The number of nitrogens with one attached hydrogen (secondary N) is 2. The average Bonchev–Trinajstić information content (AvgIpc) is 3.04. The van der Waals surface area contributed by atoms with E-state index < -0.39 is 0 Å². The summed E-state index contributed by atoms with van der Waals surface area (Å²) in [5.41, 5.74) is 3.43. The van der Waals surface area contributed by atoms with Gasteiger partial charge in [0.25, 0.3) is 0 Å². The second-order valence-electron chi connectivity index (χ2n) is 9.16. The van der Waals surface area contributed by atoms with E-state index in [0.29, 0.717) is 11.4 Å². The lowest BCUT2D eigenvalue weighted by atomic mass is 9.91. The van der Waals surface area contributed by atoms with Crippen molar-refractivity contribution in [3.63, 3.8) is 0 Å². The SMILES string of the molecule is CC(C)(C)Cc1ccc(C(=O)/C=C(\O)c2ccc(CC(C)(C)C)[nH]2)[nH]1. The maximum absolute atomic E-state index is 12.4. The van der Waals surface area contributed by atoms with E-state index in [4.69, 9.17) is 0 Å². The lowest BCUT2D eigenvalue weighted by Crippen LogP contribution is -2.09. The number of aromatic amines is 2. The van der Waals surface area contributed by atoms with E-state index >= 15 is 0 Å². The molecule has 0 amide bonds. The molecule has 25 heavy (non-hydrogen) atoms. The topological polar surface area (TPSA) is 68.9 Å². The molecular weight excluding hydrogens is 312 g/mol. The molecule has 0 saturated carbocycles. The third-order valence-corrected chi connectivity index (χ3v) is 3.74. The molecule has 0 aliphatic heterocycles. The standard InChI is InChI=1S/C21H30N2O2/c1-20(2,3)12-14-7-9-16(22-14)18(24)11-19(25)17-10-8-15(23-17)13-21(4,5)6/h7-11,22-24H,12-13H2,1-6H3/b18-11-. The number of H-pyrrole nitrogens is 2. The Morgan fingerprint density at radius 2 is 1.32 bits per heavy atom. The van der Waals surface area contributed by atoms with E-state index in [-0.39, 0.29) is 22.4 Å². The van der Waals surface area contributed by atoms with Crippen LogP contribution in [0.1, 0.15) is 69.1 Å². The number of aliphatic hydroxyl groups is 1. The van der Waals surface area contributed by atoms with Gasteiger partial charge in [-0.15, -0.1) is 0 Å². The van der Waals surface area contributed by atoms with Gasteiger partial charge in [0.15, 0.2) is 0 Å². The highest BCUT2D eigenvalue weighted by molar-refractivity contribution is 6.06. The van der Waals surface area contributed by atoms with Crippen LogP contribution in [0.5, 0.6) is 0 Å². The van der Waals surface area contributed by atoms with Gasteiger partial charge < -0.3 is 15.1 Å². The third kappa shape index (κ3) is 5.96. The number of hydrogen-bond acceptors (Lipinski definition) is 2. The number of carbonyl (C=O) groups is 1. The Bertz CT molecular complexity index is 764. The van der Waals surface area contributed by atoms with Gasteiger partial charge in [0.2, 0.25) is 5.78 Å². The van der Waals surface area contributed by atoms with Gasteiger partial charge in [-0.2, -0.15) is 0 Å². The molecule has 0 aliphatic carbocycles. The first-order valence-corrected chi connectivity index (χ1v) is 8.74. The van der Waals surface area contributed by atoms with Crippen LogP contribution in [0.4, 0.5) is 0 Å². The van der Waals surface area contributed by atoms with Crippen molar-refractivity contribution in [1.82, 2.24) is 9.97 Å². The lowest BCUT2D eigenvalue weighted by molar-refractivity contribution is 0.104. The largest absolute Gasteiger partial charge is 0.506 e. The number of aromatic nitrogens is 2. The highest BCUT2D eigenvalue weighted by Crippen LogP contribution is 2.22. The van der Waals surface area contributed by atoms with Gasteiger partial charge in [-0.3, -0.25) is 4.79 Å². The predicted octanol–water partition coefficient (Wildman–Crippen LogP) is 5.30.